The largest absolute Gasteiger partial charge is 0.481 e. The van der Waals surface area contributed by atoms with Gasteiger partial charge in [0.15, 0.2) is 11.9 Å². The Kier molecular flexibility index (Phi) is 6.79. The Morgan fingerprint density at radius 1 is 1.29 bits per heavy atom. The molecule has 0 aliphatic heterocycles. The van der Waals surface area contributed by atoms with E-state index in [1.54, 1.807) is 31.2 Å². The van der Waals surface area contributed by atoms with Gasteiger partial charge in [-0.2, -0.15) is 0 Å². The number of ketones is 1. The molecule has 0 aromatic heterocycles. The van der Waals surface area contributed by atoms with Crippen LogP contribution in [0.5, 0.6) is 5.75 Å². The summed E-state index contributed by atoms with van der Waals surface area (Å²) in [6.07, 6.45) is 5.30. The number of hydrogen-bond acceptors (Lipinski definition) is 4. The van der Waals surface area contributed by atoms with E-state index in [4.69, 9.17) is 10.5 Å². The van der Waals surface area contributed by atoms with Crippen molar-refractivity contribution in [1.29, 1.82) is 0 Å². The minimum absolute atomic E-state index is 0.00686. The Labute approximate surface area is 143 Å². The lowest BCUT2D eigenvalue weighted by Crippen LogP contribution is -2.49. The summed E-state index contributed by atoms with van der Waals surface area (Å²) in [5, 5.41) is 3.04. The number of carbonyl (C=O) groups excluding carboxylic acids is 2. The molecule has 1 amide bonds. The third kappa shape index (κ3) is 5.06. The van der Waals surface area contributed by atoms with Crippen LogP contribution >= 0.6 is 0 Å². The highest BCUT2D eigenvalue weighted by Gasteiger charge is 2.26. The summed E-state index contributed by atoms with van der Waals surface area (Å²) >= 11 is 0. The fraction of sp³-hybridized carbons (Fsp3) is 0.579. The molecule has 1 aromatic rings. The molecule has 0 spiro atoms. The maximum Gasteiger partial charge on any atom is 0.261 e. The minimum atomic E-state index is -0.634. The first-order chi connectivity index (χ1) is 11.5. The van der Waals surface area contributed by atoms with E-state index in [0.717, 1.165) is 12.8 Å². The highest BCUT2D eigenvalue weighted by atomic mass is 16.5. The molecule has 1 aromatic carbocycles. The standard InChI is InChI=1S/C19H28N2O3/c1-13(22)16-9-6-10-17(11-16)24-14(2)19(23)21-18(12-20)15-7-4-3-5-8-15/h6,9-11,14-15,18H,3-5,7-8,12,20H2,1-2H3,(H,21,23). The molecule has 1 aliphatic rings. The minimum Gasteiger partial charge on any atom is -0.481 e. The first-order valence-corrected chi connectivity index (χ1v) is 8.79. The zero-order valence-electron chi connectivity index (χ0n) is 14.6. The highest BCUT2D eigenvalue weighted by molar-refractivity contribution is 5.94. The molecule has 1 aliphatic carbocycles. The van der Waals surface area contributed by atoms with Crippen LogP contribution in [0.15, 0.2) is 24.3 Å². The van der Waals surface area contributed by atoms with Crippen molar-refractivity contribution in [3.8, 4) is 5.75 Å². The quantitative estimate of drug-likeness (QED) is 0.752. The average Bonchev–Trinajstić information content (AvgIpc) is 2.60. The van der Waals surface area contributed by atoms with Gasteiger partial charge in [-0.1, -0.05) is 31.4 Å². The Balaban J connectivity index is 1.93. The van der Waals surface area contributed by atoms with Crippen molar-refractivity contribution >= 4 is 11.7 Å². The molecule has 5 heteroatoms. The second-order valence-electron chi connectivity index (χ2n) is 6.59. The Bertz CT molecular complexity index is 567. The first kappa shape index (κ1) is 18.5. The van der Waals surface area contributed by atoms with Crippen LogP contribution in [0.1, 0.15) is 56.3 Å². The van der Waals surface area contributed by atoms with Crippen molar-refractivity contribution < 1.29 is 14.3 Å². The summed E-state index contributed by atoms with van der Waals surface area (Å²) in [7, 11) is 0. The van der Waals surface area contributed by atoms with Crippen molar-refractivity contribution in [3.05, 3.63) is 29.8 Å². The number of ether oxygens (including phenoxy) is 1. The first-order valence-electron chi connectivity index (χ1n) is 8.79. The van der Waals surface area contributed by atoms with E-state index < -0.39 is 6.10 Å². The van der Waals surface area contributed by atoms with Crippen molar-refractivity contribution in [2.45, 2.75) is 58.1 Å². The normalized spacial score (nSPS) is 17.8. The second-order valence-corrected chi connectivity index (χ2v) is 6.59. The summed E-state index contributed by atoms with van der Waals surface area (Å²) in [6.45, 7) is 3.67. The molecule has 0 bridgehead atoms. The summed E-state index contributed by atoms with van der Waals surface area (Å²) in [5.74, 6) is 0.788. The number of nitrogens with two attached hydrogens (primary N) is 1. The van der Waals surface area contributed by atoms with Crippen LogP contribution in [0, 0.1) is 5.92 Å². The Morgan fingerprint density at radius 2 is 2.00 bits per heavy atom. The zero-order chi connectivity index (χ0) is 17.5. The molecule has 0 radical (unpaired) electrons. The summed E-state index contributed by atoms with van der Waals surface area (Å²) in [6, 6.07) is 6.90. The van der Waals surface area contributed by atoms with Crippen LogP contribution < -0.4 is 15.8 Å². The maximum absolute atomic E-state index is 12.4. The lowest BCUT2D eigenvalue weighted by Gasteiger charge is -2.30. The van der Waals surface area contributed by atoms with Gasteiger partial charge in [-0.25, -0.2) is 0 Å². The molecule has 1 fully saturated rings. The van der Waals surface area contributed by atoms with Crippen molar-refractivity contribution in [1.82, 2.24) is 5.32 Å². The number of amides is 1. The van der Waals surface area contributed by atoms with E-state index in [1.165, 1.54) is 26.2 Å². The van der Waals surface area contributed by atoms with Gasteiger partial charge in [-0.05, 0) is 44.7 Å². The van der Waals surface area contributed by atoms with Crippen LogP contribution in [0.3, 0.4) is 0 Å². The SMILES string of the molecule is CC(=O)c1cccc(OC(C)C(=O)NC(CN)C2CCCCC2)c1. The summed E-state index contributed by atoms with van der Waals surface area (Å²) in [5.41, 5.74) is 6.44. The molecular weight excluding hydrogens is 304 g/mol. The molecule has 24 heavy (non-hydrogen) atoms. The van der Waals surface area contributed by atoms with Crippen LogP contribution in [0.25, 0.3) is 0 Å². The molecule has 3 N–H and O–H groups in total. The van der Waals surface area contributed by atoms with Crippen molar-refractivity contribution in [2.75, 3.05) is 6.54 Å². The Hall–Kier alpha value is -1.88. The van der Waals surface area contributed by atoms with Crippen LogP contribution in [-0.2, 0) is 4.79 Å². The number of carbonyl (C=O) groups is 2. The van der Waals surface area contributed by atoms with Gasteiger partial charge < -0.3 is 15.8 Å². The second kappa shape index (κ2) is 8.83. The third-order valence-corrected chi connectivity index (χ3v) is 4.72. The summed E-state index contributed by atoms with van der Waals surface area (Å²) in [4.78, 5) is 23.8. The van der Waals surface area contributed by atoms with E-state index in [2.05, 4.69) is 5.32 Å². The topological polar surface area (TPSA) is 81.4 Å². The van der Waals surface area contributed by atoms with Crippen LogP contribution in [0.4, 0.5) is 0 Å². The van der Waals surface area contributed by atoms with Gasteiger partial charge in [0.1, 0.15) is 5.75 Å². The predicted molar refractivity (Wildman–Crippen MR) is 94.1 cm³/mol. The lowest BCUT2D eigenvalue weighted by molar-refractivity contribution is -0.128. The number of Topliss-reactive ketones (excluding diaryl/α,β-unsaturated/α-hetero) is 1. The molecule has 2 atom stereocenters. The smallest absolute Gasteiger partial charge is 0.261 e. The van der Waals surface area contributed by atoms with Gasteiger partial charge in [-0.15, -0.1) is 0 Å². The molecular formula is C19H28N2O3. The summed E-state index contributed by atoms with van der Waals surface area (Å²) < 4.78 is 5.69. The average molecular weight is 332 g/mol. The van der Waals surface area contributed by atoms with E-state index in [1.807, 2.05) is 0 Å². The molecule has 1 saturated carbocycles. The fourth-order valence-electron chi connectivity index (χ4n) is 3.25. The van der Waals surface area contributed by atoms with Gasteiger partial charge in [0.2, 0.25) is 0 Å². The number of hydrogen-bond donors (Lipinski definition) is 2. The third-order valence-electron chi connectivity index (χ3n) is 4.72. The zero-order valence-corrected chi connectivity index (χ0v) is 14.6. The number of nitrogens with one attached hydrogen (secondary N) is 1. The molecule has 0 heterocycles. The number of benzene rings is 1. The molecule has 5 nitrogen and oxygen atoms in total. The van der Waals surface area contributed by atoms with Gasteiger partial charge in [0, 0.05) is 18.2 Å². The van der Waals surface area contributed by atoms with E-state index in [0.29, 0.717) is 23.8 Å². The molecule has 132 valence electrons. The van der Waals surface area contributed by atoms with Crippen molar-refractivity contribution in [3.63, 3.8) is 0 Å². The van der Waals surface area contributed by atoms with Crippen molar-refractivity contribution in [2.24, 2.45) is 11.7 Å². The predicted octanol–water partition coefficient (Wildman–Crippen LogP) is 2.68. The molecule has 0 saturated heterocycles. The van der Waals surface area contributed by atoms with E-state index in [-0.39, 0.29) is 17.7 Å². The molecule has 2 unspecified atom stereocenters. The van der Waals surface area contributed by atoms with Gasteiger partial charge in [0.05, 0.1) is 0 Å². The van der Waals surface area contributed by atoms with Crippen LogP contribution in [-0.4, -0.2) is 30.4 Å². The fourth-order valence-corrected chi connectivity index (χ4v) is 3.25. The Morgan fingerprint density at radius 3 is 2.62 bits per heavy atom. The van der Waals surface area contributed by atoms with E-state index in [9.17, 15) is 9.59 Å². The molecule has 2 rings (SSSR count). The number of rotatable bonds is 7. The van der Waals surface area contributed by atoms with Gasteiger partial charge >= 0.3 is 0 Å². The lowest BCUT2D eigenvalue weighted by atomic mass is 9.84. The maximum atomic E-state index is 12.4. The highest BCUT2D eigenvalue weighted by Crippen LogP contribution is 2.26. The van der Waals surface area contributed by atoms with E-state index >= 15 is 0 Å². The van der Waals surface area contributed by atoms with Gasteiger partial charge in [-0.3, -0.25) is 9.59 Å². The van der Waals surface area contributed by atoms with Gasteiger partial charge in [0.25, 0.3) is 5.91 Å². The monoisotopic (exact) mass is 332 g/mol. The van der Waals surface area contributed by atoms with Crippen LogP contribution in [0.2, 0.25) is 0 Å².